The summed E-state index contributed by atoms with van der Waals surface area (Å²) in [6.45, 7) is 6.89. The molecule has 1 atom stereocenters. The number of H-pyrrole nitrogens is 2. The van der Waals surface area contributed by atoms with E-state index in [0.29, 0.717) is 22.5 Å². The molecule has 0 spiro atoms. The highest BCUT2D eigenvalue weighted by Crippen LogP contribution is 2.40. The summed E-state index contributed by atoms with van der Waals surface area (Å²) >= 11 is 1.61. The Balaban J connectivity index is 1.53. The van der Waals surface area contributed by atoms with E-state index in [0.717, 1.165) is 23.2 Å². The molecule has 0 saturated carbocycles. The number of anilines is 1. The van der Waals surface area contributed by atoms with Gasteiger partial charge in [-0.05, 0) is 60.4 Å². The Hall–Kier alpha value is -2.34. The van der Waals surface area contributed by atoms with Crippen molar-refractivity contribution < 1.29 is 4.79 Å². The van der Waals surface area contributed by atoms with Gasteiger partial charge in [-0.1, -0.05) is 20.8 Å². The minimum absolute atomic E-state index is 0.0889. The van der Waals surface area contributed by atoms with Crippen LogP contribution < -0.4 is 11.0 Å². The molecule has 6 heteroatoms. The molecule has 0 aliphatic heterocycles. The zero-order valence-corrected chi connectivity index (χ0v) is 16.0. The van der Waals surface area contributed by atoms with Crippen molar-refractivity contribution in [3.05, 3.63) is 50.1 Å². The maximum Gasteiger partial charge on any atom is 0.323 e. The number of carbonyl (C=O) groups is 1. The molecule has 3 N–H and O–H groups in total. The van der Waals surface area contributed by atoms with Gasteiger partial charge in [-0.3, -0.25) is 4.79 Å². The van der Waals surface area contributed by atoms with Crippen molar-refractivity contribution in [3.8, 4) is 0 Å². The molecule has 2 aromatic heterocycles. The van der Waals surface area contributed by atoms with Gasteiger partial charge in [0.1, 0.15) is 0 Å². The van der Waals surface area contributed by atoms with Crippen molar-refractivity contribution in [2.75, 3.05) is 5.32 Å². The molecule has 1 aliphatic carbocycles. The Labute approximate surface area is 155 Å². The molecule has 0 saturated heterocycles. The van der Waals surface area contributed by atoms with Gasteiger partial charge in [-0.2, -0.15) is 0 Å². The first-order valence-electron chi connectivity index (χ1n) is 8.94. The standard InChI is InChI=1S/C20H23N3O2S/c1-20(2,3)12-4-7-16-11(8-12)9-17(26-16)18(24)21-13-5-6-14-15(10-13)23-19(25)22-14/h5-6,9-10,12H,4,7-8H2,1-3H3,(H,21,24)(H2,22,23,25). The number of fused-ring (bicyclic) bond motifs is 2. The number of hydrogen-bond donors (Lipinski definition) is 3. The number of hydrogen-bond acceptors (Lipinski definition) is 3. The summed E-state index contributed by atoms with van der Waals surface area (Å²) in [5.74, 6) is 0.572. The third-order valence-electron chi connectivity index (χ3n) is 5.31. The minimum Gasteiger partial charge on any atom is -0.321 e. The van der Waals surface area contributed by atoms with Crippen LogP contribution in [-0.2, 0) is 12.8 Å². The van der Waals surface area contributed by atoms with Gasteiger partial charge < -0.3 is 15.3 Å². The van der Waals surface area contributed by atoms with E-state index in [1.807, 2.05) is 0 Å². The van der Waals surface area contributed by atoms with Crippen molar-refractivity contribution in [1.29, 1.82) is 0 Å². The van der Waals surface area contributed by atoms with Gasteiger partial charge in [0.2, 0.25) is 0 Å². The number of aromatic amines is 2. The highest BCUT2D eigenvalue weighted by molar-refractivity contribution is 7.14. The predicted octanol–water partition coefficient (Wildman–Crippen LogP) is 4.32. The first-order valence-corrected chi connectivity index (χ1v) is 9.76. The van der Waals surface area contributed by atoms with E-state index in [4.69, 9.17) is 0 Å². The number of benzene rings is 1. The average molecular weight is 369 g/mol. The molecule has 2 heterocycles. The Morgan fingerprint density at radius 3 is 2.73 bits per heavy atom. The Kier molecular flexibility index (Phi) is 4.03. The van der Waals surface area contributed by atoms with Crippen LogP contribution >= 0.6 is 11.3 Å². The largest absolute Gasteiger partial charge is 0.323 e. The summed E-state index contributed by atoms with van der Waals surface area (Å²) in [6.07, 6.45) is 3.31. The summed E-state index contributed by atoms with van der Waals surface area (Å²) in [4.78, 5) is 31.5. The lowest BCUT2D eigenvalue weighted by atomic mass is 9.72. The summed E-state index contributed by atoms with van der Waals surface area (Å²) in [6, 6.07) is 7.42. The van der Waals surface area contributed by atoms with Crippen LogP contribution in [-0.4, -0.2) is 15.9 Å². The number of rotatable bonds is 2. The third kappa shape index (κ3) is 3.21. The van der Waals surface area contributed by atoms with Crippen molar-refractivity contribution in [1.82, 2.24) is 9.97 Å². The van der Waals surface area contributed by atoms with Crippen LogP contribution in [0, 0.1) is 11.3 Å². The van der Waals surface area contributed by atoms with E-state index >= 15 is 0 Å². The highest BCUT2D eigenvalue weighted by Gasteiger charge is 2.30. The number of nitrogens with one attached hydrogen (secondary N) is 3. The summed E-state index contributed by atoms with van der Waals surface area (Å²) in [5.41, 5.74) is 3.47. The SMILES string of the molecule is CC(C)(C)C1CCc2sc(C(=O)Nc3ccc4[nH]c(=O)[nH]c4c3)cc2C1. The van der Waals surface area contributed by atoms with Crippen LogP contribution in [0.1, 0.15) is 47.3 Å². The molecular weight excluding hydrogens is 346 g/mol. The maximum atomic E-state index is 12.7. The fourth-order valence-corrected chi connectivity index (χ4v) is 4.78. The molecule has 0 bridgehead atoms. The second-order valence-electron chi connectivity index (χ2n) is 8.16. The summed E-state index contributed by atoms with van der Waals surface area (Å²) < 4.78 is 0. The number of aromatic nitrogens is 2. The fourth-order valence-electron chi connectivity index (χ4n) is 3.68. The summed E-state index contributed by atoms with van der Waals surface area (Å²) in [7, 11) is 0. The van der Waals surface area contributed by atoms with E-state index in [2.05, 4.69) is 42.1 Å². The van der Waals surface area contributed by atoms with Gasteiger partial charge in [0, 0.05) is 10.6 Å². The first-order chi connectivity index (χ1) is 12.3. The predicted molar refractivity (Wildman–Crippen MR) is 106 cm³/mol. The molecule has 4 rings (SSSR count). The third-order valence-corrected chi connectivity index (χ3v) is 6.54. The van der Waals surface area contributed by atoms with Crippen molar-refractivity contribution >= 4 is 34.0 Å². The number of amides is 1. The van der Waals surface area contributed by atoms with Crippen LogP contribution in [0.3, 0.4) is 0 Å². The second kappa shape index (κ2) is 6.13. The van der Waals surface area contributed by atoms with E-state index in [1.54, 1.807) is 29.5 Å². The van der Waals surface area contributed by atoms with Crippen LogP contribution in [0.5, 0.6) is 0 Å². The van der Waals surface area contributed by atoms with Gasteiger partial charge in [-0.25, -0.2) is 4.79 Å². The van der Waals surface area contributed by atoms with Crippen molar-refractivity contribution in [2.45, 2.75) is 40.0 Å². The van der Waals surface area contributed by atoms with Crippen LogP contribution in [0.15, 0.2) is 29.1 Å². The number of aryl methyl sites for hydroxylation is 1. The first kappa shape index (κ1) is 17.1. The Morgan fingerprint density at radius 2 is 1.96 bits per heavy atom. The smallest absolute Gasteiger partial charge is 0.321 e. The highest BCUT2D eigenvalue weighted by atomic mass is 32.1. The van der Waals surface area contributed by atoms with Crippen LogP contribution in [0.2, 0.25) is 0 Å². The Bertz CT molecular complexity index is 1040. The lowest BCUT2D eigenvalue weighted by molar-refractivity contribution is 0.103. The molecule has 1 amide bonds. The van der Waals surface area contributed by atoms with Gasteiger partial charge >= 0.3 is 5.69 Å². The van der Waals surface area contributed by atoms with E-state index in [1.165, 1.54) is 16.9 Å². The zero-order valence-electron chi connectivity index (χ0n) is 15.2. The molecule has 26 heavy (non-hydrogen) atoms. The van der Waals surface area contributed by atoms with Crippen molar-refractivity contribution in [2.24, 2.45) is 11.3 Å². The average Bonchev–Trinajstić information content (AvgIpc) is 3.15. The zero-order chi connectivity index (χ0) is 18.5. The van der Waals surface area contributed by atoms with Gasteiger partial charge in [-0.15, -0.1) is 11.3 Å². The quantitative estimate of drug-likeness (QED) is 0.629. The second-order valence-corrected chi connectivity index (χ2v) is 9.30. The van der Waals surface area contributed by atoms with E-state index < -0.39 is 0 Å². The molecule has 1 aliphatic rings. The molecule has 3 aromatic rings. The maximum absolute atomic E-state index is 12.7. The van der Waals surface area contributed by atoms with E-state index in [9.17, 15) is 9.59 Å². The molecule has 1 aromatic carbocycles. The number of carbonyl (C=O) groups excluding carboxylic acids is 1. The van der Waals surface area contributed by atoms with Gasteiger partial charge in [0.05, 0.1) is 15.9 Å². The van der Waals surface area contributed by atoms with Crippen LogP contribution in [0.25, 0.3) is 11.0 Å². The van der Waals surface area contributed by atoms with Gasteiger partial charge in [0.15, 0.2) is 0 Å². The number of imidazole rings is 1. The molecule has 5 nitrogen and oxygen atoms in total. The number of thiophene rings is 1. The molecule has 0 radical (unpaired) electrons. The normalized spacial score (nSPS) is 17.3. The Morgan fingerprint density at radius 1 is 1.19 bits per heavy atom. The van der Waals surface area contributed by atoms with Crippen molar-refractivity contribution in [3.63, 3.8) is 0 Å². The summed E-state index contributed by atoms with van der Waals surface area (Å²) in [5, 5.41) is 2.95. The molecular formula is C20H23N3O2S. The topological polar surface area (TPSA) is 77.8 Å². The lowest BCUT2D eigenvalue weighted by Gasteiger charge is -2.33. The lowest BCUT2D eigenvalue weighted by Crippen LogP contribution is -2.26. The van der Waals surface area contributed by atoms with Crippen LogP contribution in [0.4, 0.5) is 5.69 Å². The molecule has 1 unspecified atom stereocenters. The monoisotopic (exact) mass is 369 g/mol. The fraction of sp³-hybridized carbons (Fsp3) is 0.400. The molecule has 136 valence electrons. The van der Waals surface area contributed by atoms with E-state index in [-0.39, 0.29) is 11.6 Å². The minimum atomic E-state index is -0.247. The molecule has 0 fully saturated rings. The van der Waals surface area contributed by atoms with Gasteiger partial charge in [0.25, 0.3) is 5.91 Å².